The fourth-order valence-electron chi connectivity index (χ4n) is 4.82. The van der Waals surface area contributed by atoms with Crippen LogP contribution in [0.4, 0.5) is 5.69 Å². The molecular formula is C31H37N5O3. The minimum Gasteiger partial charge on any atom is -0.481 e. The number of aromatic nitrogens is 2. The zero-order chi connectivity index (χ0) is 27.9. The summed E-state index contributed by atoms with van der Waals surface area (Å²) < 4.78 is 7.41. The van der Waals surface area contributed by atoms with Gasteiger partial charge in [-0.25, -0.2) is 4.98 Å². The number of nitrogens with zero attached hydrogens (tertiary/aromatic N) is 4. The zero-order valence-electron chi connectivity index (χ0n) is 23.3. The van der Waals surface area contributed by atoms with Gasteiger partial charge in [0.25, 0.3) is 0 Å². The van der Waals surface area contributed by atoms with Gasteiger partial charge in [-0.15, -0.1) is 0 Å². The third-order valence-electron chi connectivity index (χ3n) is 7.03. The van der Waals surface area contributed by atoms with E-state index in [1.807, 2.05) is 42.5 Å². The summed E-state index contributed by atoms with van der Waals surface area (Å²) in [5.74, 6) is 0.0577. The number of hydrogen-bond donors (Lipinski definition) is 1. The Kier molecular flexibility index (Phi) is 8.99. The van der Waals surface area contributed by atoms with Crippen LogP contribution in [0.2, 0.25) is 0 Å². The molecule has 0 aliphatic rings. The summed E-state index contributed by atoms with van der Waals surface area (Å²) in [4.78, 5) is 35.1. The number of carbonyl (C=O) groups is 2. The molecule has 204 valence electrons. The smallest absolute Gasteiger partial charge is 0.249 e. The topological polar surface area (TPSA) is 79.7 Å². The van der Waals surface area contributed by atoms with Crippen LogP contribution in [0.5, 0.6) is 5.88 Å². The fraction of sp³-hybridized carbons (Fsp3) is 0.323. The first-order valence-electron chi connectivity index (χ1n) is 13.1. The van der Waals surface area contributed by atoms with Crippen LogP contribution in [0.3, 0.4) is 0 Å². The third-order valence-corrected chi connectivity index (χ3v) is 7.03. The molecule has 0 bridgehead atoms. The first-order valence-corrected chi connectivity index (χ1v) is 13.1. The Morgan fingerprint density at radius 3 is 2.38 bits per heavy atom. The van der Waals surface area contributed by atoms with Crippen LogP contribution in [-0.4, -0.2) is 67.1 Å². The summed E-state index contributed by atoms with van der Waals surface area (Å²) in [6.45, 7) is 3.79. The van der Waals surface area contributed by atoms with Crippen molar-refractivity contribution in [2.45, 2.75) is 32.4 Å². The van der Waals surface area contributed by atoms with Gasteiger partial charge in [-0.1, -0.05) is 48.5 Å². The molecule has 1 N–H and O–H groups in total. The highest BCUT2D eigenvalue weighted by Gasteiger charge is 2.26. The van der Waals surface area contributed by atoms with E-state index in [-0.39, 0.29) is 18.2 Å². The van der Waals surface area contributed by atoms with Crippen LogP contribution in [0.25, 0.3) is 10.9 Å². The number of ether oxygens (including phenoxy) is 1. The molecule has 0 radical (unpaired) electrons. The molecule has 1 atom stereocenters. The van der Waals surface area contributed by atoms with Crippen molar-refractivity contribution in [3.8, 4) is 5.88 Å². The summed E-state index contributed by atoms with van der Waals surface area (Å²) in [5.41, 5.74) is 4.76. The number of hydrogen-bond acceptors (Lipinski definition) is 5. The van der Waals surface area contributed by atoms with Gasteiger partial charge in [0.05, 0.1) is 25.4 Å². The third kappa shape index (κ3) is 6.64. The fourth-order valence-corrected chi connectivity index (χ4v) is 4.82. The normalized spacial score (nSPS) is 11.9. The van der Waals surface area contributed by atoms with Crippen molar-refractivity contribution in [3.05, 3.63) is 89.7 Å². The molecule has 0 fully saturated rings. The van der Waals surface area contributed by atoms with E-state index in [0.717, 1.165) is 40.8 Å². The SMILES string of the molecule is COc1ccc(N(C)C(=O)[C@H](Cc2ccccc2)NC(=O)Cc2c(C)n(CCN(C)C)c3ccccc23)cn1. The number of anilines is 1. The van der Waals surface area contributed by atoms with Crippen LogP contribution < -0.4 is 15.0 Å². The van der Waals surface area contributed by atoms with E-state index in [0.29, 0.717) is 18.0 Å². The van der Waals surface area contributed by atoms with Gasteiger partial charge in [-0.3, -0.25) is 9.59 Å². The first-order chi connectivity index (χ1) is 18.8. The predicted molar refractivity (Wildman–Crippen MR) is 155 cm³/mol. The predicted octanol–water partition coefficient (Wildman–Crippen LogP) is 3.85. The molecule has 2 amide bonds. The number of carbonyl (C=O) groups excluding carboxylic acids is 2. The minimum absolute atomic E-state index is 0.188. The molecule has 0 aliphatic carbocycles. The maximum atomic E-state index is 13.7. The molecule has 0 aliphatic heterocycles. The first kappa shape index (κ1) is 27.9. The van der Waals surface area contributed by atoms with E-state index in [1.54, 1.807) is 32.5 Å². The van der Waals surface area contributed by atoms with Crippen LogP contribution in [0.1, 0.15) is 16.8 Å². The quantitative estimate of drug-likeness (QED) is 0.321. The highest BCUT2D eigenvalue weighted by molar-refractivity contribution is 5.99. The van der Waals surface area contributed by atoms with Crippen LogP contribution in [0.15, 0.2) is 72.9 Å². The molecule has 0 spiro atoms. The van der Waals surface area contributed by atoms with Gasteiger partial charge in [0.15, 0.2) is 0 Å². The average Bonchev–Trinajstić information content (AvgIpc) is 3.21. The lowest BCUT2D eigenvalue weighted by atomic mass is 10.0. The highest BCUT2D eigenvalue weighted by Crippen LogP contribution is 2.26. The van der Waals surface area contributed by atoms with Gasteiger partial charge >= 0.3 is 0 Å². The number of nitrogens with one attached hydrogen (secondary N) is 1. The lowest BCUT2D eigenvalue weighted by Crippen LogP contribution is -2.49. The zero-order valence-corrected chi connectivity index (χ0v) is 23.3. The van der Waals surface area contributed by atoms with Gasteiger partial charge in [-0.2, -0.15) is 0 Å². The number of fused-ring (bicyclic) bond motifs is 1. The number of benzene rings is 2. The molecule has 2 aromatic heterocycles. The summed E-state index contributed by atoms with van der Waals surface area (Å²) >= 11 is 0. The molecule has 2 aromatic carbocycles. The largest absolute Gasteiger partial charge is 0.481 e. The second-order valence-corrected chi connectivity index (χ2v) is 9.98. The standard InChI is InChI=1S/C31H37N5O3/c1-22-26(25-13-9-10-14-28(25)36(22)18-17-34(2)3)20-29(37)33-27(19-23-11-7-6-8-12-23)31(38)35(4)24-15-16-30(39-5)32-21-24/h6-16,21,27H,17-20H2,1-5H3,(H,33,37)/t27-/m0/s1. The molecule has 0 saturated carbocycles. The Hall–Kier alpha value is -4.17. The monoisotopic (exact) mass is 527 g/mol. The van der Waals surface area contributed by atoms with E-state index >= 15 is 0 Å². The summed E-state index contributed by atoms with van der Waals surface area (Å²) in [6.07, 6.45) is 2.15. The molecule has 39 heavy (non-hydrogen) atoms. The van der Waals surface area contributed by atoms with Crippen molar-refractivity contribution >= 4 is 28.4 Å². The van der Waals surface area contributed by atoms with Crippen molar-refractivity contribution in [1.82, 2.24) is 19.8 Å². The van der Waals surface area contributed by atoms with Crippen LogP contribution in [0, 0.1) is 6.92 Å². The molecule has 0 saturated heterocycles. The van der Waals surface area contributed by atoms with Crippen LogP contribution >= 0.6 is 0 Å². The van der Waals surface area contributed by atoms with E-state index in [4.69, 9.17) is 4.74 Å². The molecule has 4 rings (SSSR count). The second kappa shape index (κ2) is 12.6. The number of pyridine rings is 1. The number of para-hydroxylation sites is 1. The molecular weight excluding hydrogens is 490 g/mol. The maximum Gasteiger partial charge on any atom is 0.249 e. The summed E-state index contributed by atoms with van der Waals surface area (Å²) in [5, 5.41) is 4.11. The van der Waals surface area contributed by atoms with Crippen molar-refractivity contribution in [3.63, 3.8) is 0 Å². The van der Waals surface area contributed by atoms with E-state index in [2.05, 4.69) is 52.9 Å². The maximum absolute atomic E-state index is 13.7. The van der Waals surface area contributed by atoms with Gasteiger partial charge in [0, 0.05) is 49.2 Å². The highest BCUT2D eigenvalue weighted by atomic mass is 16.5. The number of likely N-dealkylation sites (N-methyl/N-ethyl adjacent to an activating group) is 2. The lowest BCUT2D eigenvalue weighted by molar-refractivity contribution is -0.127. The van der Waals surface area contributed by atoms with E-state index in [9.17, 15) is 9.59 Å². The van der Waals surface area contributed by atoms with Gasteiger partial charge < -0.3 is 24.4 Å². The Labute approximate surface area is 230 Å². The van der Waals surface area contributed by atoms with Crippen molar-refractivity contribution in [2.24, 2.45) is 0 Å². The summed E-state index contributed by atoms with van der Waals surface area (Å²) in [7, 11) is 7.35. The van der Waals surface area contributed by atoms with Crippen molar-refractivity contribution in [1.29, 1.82) is 0 Å². The van der Waals surface area contributed by atoms with Crippen LogP contribution in [-0.2, 0) is 29.0 Å². The number of methoxy groups -OCH3 is 1. The Morgan fingerprint density at radius 1 is 1.00 bits per heavy atom. The van der Waals surface area contributed by atoms with Gasteiger partial charge in [0.1, 0.15) is 6.04 Å². The summed E-state index contributed by atoms with van der Waals surface area (Å²) in [6, 6.07) is 20.6. The molecule has 4 aromatic rings. The Morgan fingerprint density at radius 2 is 1.72 bits per heavy atom. The van der Waals surface area contributed by atoms with Gasteiger partial charge in [0.2, 0.25) is 17.7 Å². The molecule has 2 heterocycles. The number of amides is 2. The van der Waals surface area contributed by atoms with E-state index in [1.165, 1.54) is 4.90 Å². The minimum atomic E-state index is -0.741. The molecule has 8 heteroatoms. The number of rotatable bonds is 11. The molecule has 8 nitrogen and oxygen atoms in total. The van der Waals surface area contributed by atoms with Crippen molar-refractivity contribution in [2.75, 3.05) is 39.7 Å². The lowest BCUT2D eigenvalue weighted by Gasteiger charge is -2.25. The Balaban J connectivity index is 1.58. The van der Waals surface area contributed by atoms with Gasteiger partial charge in [-0.05, 0) is 44.3 Å². The Bertz CT molecular complexity index is 1410. The second-order valence-electron chi connectivity index (χ2n) is 9.98. The average molecular weight is 528 g/mol. The molecule has 0 unspecified atom stereocenters. The van der Waals surface area contributed by atoms with Crippen molar-refractivity contribution < 1.29 is 14.3 Å². The van der Waals surface area contributed by atoms with E-state index < -0.39 is 6.04 Å².